The van der Waals surface area contributed by atoms with E-state index in [1.165, 1.54) is 12.1 Å². The molecule has 0 spiro atoms. The number of rotatable bonds is 4. The summed E-state index contributed by atoms with van der Waals surface area (Å²) < 4.78 is 18.3. The monoisotopic (exact) mass is 224 g/mol. The maximum Gasteiger partial charge on any atom is 0.149 e. The molecule has 0 atom stereocenters. The fourth-order valence-corrected chi connectivity index (χ4v) is 1.31. The fourth-order valence-electron chi connectivity index (χ4n) is 1.31. The van der Waals surface area contributed by atoms with Crippen molar-refractivity contribution in [3.05, 3.63) is 29.1 Å². The number of aliphatic hydroxyl groups is 2. The van der Waals surface area contributed by atoms with Gasteiger partial charge in [0.1, 0.15) is 18.2 Å². The predicted molar refractivity (Wildman–Crippen MR) is 57.2 cm³/mol. The summed E-state index contributed by atoms with van der Waals surface area (Å²) in [4.78, 5) is 0. The third kappa shape index (κ3) is 2.96. The van der Waals surface area contributed by atoms with Gasteiger partial charge in [0.2, 0.25) is 0 Å². The van der Waals surface area contributed by atoms with Gasteiger partial charge in [-0.2, -0.15) is 0 Å². The molecule has 0 unspecified atom stereocenters. The van der Waals surface area contributed by atoms with E-state index in [0.717, 1.165) is 0 Å². The summed E-state index contributed by atoms with van der Waals surface area (Å²) in [5.41, 5.74) is 0.615. The first-order valence-electron chi connectivity index (χ1n) is 4.78. The van der Waals surface area contributed by atoms with Gasteiger partial charge in [-0.05, 0) is 19.1 Å². The Kier molecular flexibility index (Phi) is 4.77. The zero-order valence-electron chi connectivity index (χ0n) is 8.96. The van der Waals surface area contributed by atoms with E-state index in [0.29, 0.717) is 16.9 Å². The highest BCUT2D eigenvalue weighted by atomic mass is 19.1. The maximum absolute atomic E-state index is 13.1. The minimum Gasteiger partial charge on any atom is -0.480 e. The van der Waals surface area contributed by atoms with Crippen LogP contribution in [0.5, 0.6) is 5.75 Å². The lowest BCUT2D eigenvalue weighted by Gasteiger charge is -2.12. The molecule has 2 N–H and O–H groups in total. The van der Waals surface area contributed by atoms with Gasteiger partial charge in [-0.15, -0.1) is 5.92 Å². The Morgan fingerprint density at radius 2 is 1.81 bits per heavy atom. The van der Waals surface area contributed by atoms with Crippen LogP contribution >= 0.6 is 0 Å². The van der Waals surface area contributed by atoms with E-state index in [2.05, 4.69) is 11.8 Å². The van der Waals surface area contributed by atoms with Crippen molar-refractivity contribution in [1.29, 1.82) is 0 Å². The normalized spacial score (nSPS) is 9.50. The van der Waals surface area contributed by atoms with Crippen molar-refractivity contribution in [2.24, 2.45) is 0 Å². The Hall–Kier alpha value is -1.57. The number of hydrogen-bond donors (Lipinski definition) is 2. The first kappa shape index (κ1) is 12.5. The van der Waals surface area contributed by atoms with Crippen molar-refractivity contribution < 1.29 is 19.3 Å². The van der Waals surface area contributed by atoms with E-state index in [9.17, 15) is 4.39 Å². The van der Waals surface area contributed by atoms with Gasteiger partial charge in [0.15, 0.2) is 0 Å². The molecule has 86 valence electrons. The van der Waals surface area contributed by atoms with Crippen LogP contribution in [-0.2, 0) is 13.2 Å². The first-order chi connectivity index (χ1) is 7.72. The molecule has 0 aromatic heterocycles. The molecule has 0 heterocycles. The Balaban J connectivity index is 3.04. The molecule has 0 radical (unpaired) electrons. The topological polar surface area (TPSA) is 49.7 Å². The predicted octanol–water partition coefficient (Wildman–Crippen LogP) is 1.21. The van der Waals surface area contributed by atoms with Crippen LogP contribution in [0.15, 0.2) is 12.1 Å². The summed E-state index contributed by atoms with van der Waals surface area (Å²) in [6, 6.07) is 2.35. The van der Waals surface area contributed by atoms with Crippen LogP contribution in [0.4, 0.5) is 4.39 Å². The molecule has 0 bridgehead atoms. The van der Waals surface area contributed by atoms with E-state index in [1.807, 2.05) is 0 Å². The lowest BCUT2D eigenvalue weighted by Crippen LogP contribution is -2.03. The number of hydrogen-bond acceptors (Lipinski definition) is 3. The summed E-state index contributed by atoms with van der Waals surface area (Å²) in [5, 5.41) is 18.1. The molecule has 0 aliphatic carbocycles. The Bertz CT molecular complexity index is 393. The molecule has 0 aliphatic heterocycles. The SMILES string of the molecule is CC#CCOc1c(CO)cc(F)cc1CO. The highest BCUT2D eigenvalue weighted by molar-refractivity contribution is 5.41. The first-order valence-corrected chi connectivity index (χ1v) is 4.78. The van der Waals surface area contributed by atoms with Crippen LogP contribution in [0.3, 0.4) is 0 Å². The standard InChI is InChI=1S/C12H13FO3/c1-2-3-4-16-12-9(7-14)5-11(13)6-10(12)8-15/h5-6,14-15H,4,7-8H2,1H3. The van der Waals surface area contributed by atoms with E-state index >= 15 is 0 Å². The van der Waals surface area contributed by atoms with E-state index in [4.69, 9.17) is 14.9 Å². The van der Waals surface area contributed by atoms with Crippen LogP contribution in [-0.4, -0.2) is 16.8 Å². The quantitative estimate of drug-likeness (QED) is 0.756. The number of aliphatic hydroxyl groups excluding tert-OH is 2. The van der Waals surface area contributed by atoms with Crippen molar-refractivity contribution in [3.8, 4) is 17.6 Å². The average molecular weight is 224 g/mol. The van der Waals surface area contributed by atoms with Crippen molar-refractivity contribution in [3.63, 3.8) is 0 Å². The molecule has 0 saturated heterocycles. The van der Waals surface area contributed by atoms with Gasteiger partial charge < -0.3 is 14.9 Å². The Morgan fingerprint density at radius 3 is 2.25 bits per heavy atom. The molecule has 3 nitrogen and oxygen atoms in total. The van der Waals surface area contributed by atoms with Gasteiger partial charge in [-0.3, -0.25) is 0 Å². The van der Waals surface area contributed by atoms with Crippen molar-refractivity contribution in [2.75, 3.05) is 6.61 Å². The molecule has 0 saturated carbocycles. The number of ether oxygens (including phenoxy) is 1. The zero-order chi connectivity index (χ0) is 12.0. The number of halogens is 1. The Morgan fingerprint density at radius 1 is 1.25 bits per heavy atom. The van der Waals surface area contributed by atoms with Crippen LogP contribution < -0.4 is 4.74 Å². The Labute approximate surface area is 93.5 Å². The molecule has 16 heavy (non-hydrogen) atoms. The summed E-state index contributed by atoms with van der Waals surface area (Å²) in [6.45, 7) is 1.12. The second-order valence-electron chi connectivity index (χ2n) is 3.08. The van der Waals surface area contributed by atoms with Crippen LogP contribution in [0.1, 0.15) is 18.1 Å². The summed E-state index contributed by atoms with van der Waals surface area (Å²) >= 11 is 0. The molecular formula is C12H13FO3. The van der Waals surface area contributed by atoms with Crippen LogP contribution in [0, 0.1) is 17.7 Å². The third-order valence-electron chi connectivity index (χ3n) is 2.01. The molecule has 1 rings (SSSR count). The largest absolute Gasteiger partial charge is 0.480 e. The summed E-state index contributed by atoms with van der Waals surface area (Å²) in [7, 11) is 0. The second-order valence-corrected chi connectivity index (χ2v) is 3.08. The van der Waals surface area contributed by atoms with Gasteiger partial charge in [-0.25, -0.2) is 4.39 Å². The van der Waals surface area contributed by atoms with Gasteiger partial charge in [-0.1, -0.05) is 5.92 Å². The second kappa shape index (κ2) is 6.11. The smallest absolute Gasteiger partial charge is 0.149 e. The third-order valence-corrected chi connectivity index (χ3v) is 2.01. The molecular weight excluding hydrogens is 211 g/mol. The van der Waals surface area contributed by atoms with Gasteiger partial charge in [0.25, 0.3) is 0 Å². The lowest BCUT2D eigenvalue weighted by atomic mass is 10.1. The van der Waals surface area contributed by atoms with Gasteiger partial charge >= 0.3 is 0 Å². The van der Waals surface area contributed by atoms with Gasteiger partial charge in [0.05, 0.1) is 13.2 Å². The molecule has 1 aromatic carbocycles. The van der Waals surface area contributed by atoms with Gasteiger partial charge in [0, 0.05) is 11.1 Å². The highest BCUT2D eigenvalue weighted by Gasteiger charge is 2.11. The minimum absolute atomic E-state index is 0.141. The number of benzene rings is 1. The van der Waals surface area contributed by atoms with E-state index in [-0.39, 0.29) is 19.8 Å². The van der Waals surface area contributed by atoms with Crippen molar-refractivity contribution >= 4 is 0 Å². The molecule has 0 amide bonds. The average Bonchev–Trinajstić information content (AvgIpc) is 2.30. The molecule has 4 heteroatoms. The molecule has 1 aromatic rings. The maximum atomic E-state index is 13.1. The highest BCUT2D eigenvalue weighted by Crippen LogP contribution is 2.25. The minimum atomic E-state index is -0.512. The fraction of sp³-hybridized carbons (Fsp3) is 0.333. The molecule has 0 aliphatic rings. The van der Waals surface area contributed by atoms with Crippen molar-refractivity contribution in [2.45, 2.75) is 20.1 Å². The van der Waals surface area contributed by atoms with Crippen LogP contribution in [0.25, 0.3) is 0 Å². The van der Waals surface area contributed by atoms with E-state index < -0.39 is 5.82 Å². The summed E-state index contributed by atoms with van der Waals surface area (Å²) in [5.74, 6) is 5.12. The molecule has 0 fully saturated rings. The van der Waals surface area contributed by atoms with E-state index in [1.54, 1.807) is 6.92 Å². The zero-order valence-corrected chi connectivity index (χ0v) is 8.96. The van der Waals surface area contributed by atoms with Crippen molar-refractivity contribution in [1.82, 2.24) is 0 Å². The lowest BCUT2D eigenvalue weighted by molar-refractivity contribution is 0.255. The summed E-state index contributed by atoms with van der Waals surface area (Å²) in [6.07, 6.45) is 0. The van der Waals surface area contributed by atoms with Crippen LogP contribution in [0.2, 0.25) is 0 Å².